The number of nitrogens with two attached hydrogens (primary N) is 1. The molecule has 4 nitrogen and oxygen atoms in total. The highest BCUT2D eigenvalue weighted by Gasteiger charge is 2.16. The van der Waals surface area contributed by atoms with Crippen molar-refractivity contribution in [3.05, 3.63) is 0 Å². The van der Waals surface area contributed by atoms with Gasteiger partial charge in [0.15, 0.2) is 0 Å². The van der Waals surface area contributed by atoms with Crippen molar-refractivity contribution in [3.63, 3.8) is 0 Å². The smallest absolute Gasteiger partial charge is 0.212 e. The summed E-state index contributed by atoms with van der Waals surface area (Å²) in [6, 6.07) is 0. The molecular formula is C9H21N3O. The van der Waals surface area contributed by atoms with E-state index in [-0.39, 0.29) is 5.96 Å². The summed E-state index contributed by atoms with van der Waals surface area (Å²) in [7, 11) is 0. The van der Waals surface area contributed by atoms with Crippen LogP contribution in [0.4, 0.5) is 0 Å². The highest BCUT2D eigenvalue weighted by atomic mass is 16.5. The quantitative estimate of drug-likeness (QED) is 0.352. The van der Waals surface area contributed by atoms with Crippen LogP contribution in [-0.4, -0.2) is 17.7 Å². The van der Waals surface area contributed by atoms with Gasteiger partial charge in [0.2, 0.25) is 5.96 Å². The molecule has 0 fully saturated rings. The summed E-state index contributed by atoms with van der Waals surface area (Å²) in [5.41, 5.74) is 7.14. The Hall–Kier alpha value is -0.770. The molecule has 0 aromatic carbocycles. The van der Waals surface area contributed by atoms with E-state index in [1.54, 1.807) is 0 Å². The first-order valence-corrected chi connectivity index (χ1v) is 4.69. The summed E-state index contributed by atoms with van der Waals surface area (Å²) in [4.78, 5) is 4.02. The summed E-state index contributed by atoms with van der Waals surface area (Å²) in [6.07, 6.45) is 0. The second kappa shape index (κ2) is 5.80. The fourth-order valence-electron chi connectivity index (χ4n) is 1.43. The maximum absolute atomic E-state index is 8.42. The molecule has 13 heavy (non-hydrogen) atoms. The number of aliphatic imine (C=N–C) groups is 1. The zero-order valence-corrected chi connectivity index (χ0v) is 8.91. The Morgan fingerprint density at radius 1 is 1.31 bits per heavy atom. The van der Waals surface area contributed by atoms with Gasteiger partial charge in [-0.1, -0.05) is 27.7 Å². The maximum Gasteiger partial charge on any atom is 0.212 e. The third-order valence-corrected chi connectivity index (χ3v) is 2.30. The van der Waals surface area contributed by atoms with E-state index in [1.807, 2.05) is 5.48 Å². The molecule has 0 amide bonds. The van der Waals surface area contributed by atoms with Crippen molar-refractivity contribution in [2.75, 3.05) is 6.54 Å². The largest absolute Gasteiger partial charge is 0.368 e. The zero-order valence-electron chi connectivity index (χ0n) is 8.91. The van der Waals surface area contributed by atoms with Crippen LogP contribution in [0.5, 0.6) is 0 Å². The summed E-state index contributed by atoms with van der Waals surface area (Å²) >= 11 is 0. The van der Waals surface area contributed by atoms with Crippen LogP contribution >= 0.6 is 0 Å². The minimum absolute atomic E-state index is 0.0892. The molecule has 0 saturated carbocycles. The van der Waals surface area contributed by atoms with Crippen LogP contribution in [0.3, 0.4) is 0 Å². The first-order chi connectivity index (χ1) is 5.99. The van der Waals surface area contributed by atoms with Crippen molar-refractivity contribution in [1.82, 2.24) is 5.48 Å². The topological polar surface area (TPSA) is 70.6 Å². The second-order valence-electron chi connectivity index (χ2n) is 3.99. The lowest BCUT2D eigenvalue weighted by Crippen LogP contribution is -2.30. The van der Waals surface area contributed by atoms with Gasteiger partial charge in [0.1, 0.15) is 0 Å². The fourth-order valence-corrected chi connectivity index (χ4v) is 1.43. The molecule has 0 atom stereocenters. The van der Waals surface area contributed by atoms with E-state index in [0.29, 0.717) is 24.3 Å². The van der Waals surface area contributed by atoms with E-state index < -0.39 is 0 Å². The third kappa shape index (κ3) is 4.72. The van der Waals surface area contributed by atoms with Crippen molar-refractivity contribution in [3.8, 4) is 0 Å². The van der Waals surface area contributed by atoms with Crippen LogP contribution < -0.4 is 11.2 Å². The molecule has 4 N–H and O–H groups in total. The van der Waals surface area contributed by atoms with Crippen LogP contribution in [0.2, 0.25) is 0 Å². The van der Waals surface area contributed by atoms with E-state index in [0.717, 1.165) is 0 Å². The third-order valence-electron chi connectivity index (χ3n) is 2.30. The number of hydrogen-bond acceptors (Lipinski definition) is 2. The maximum atomic E-state index is 8.42. The highest BCUT2D eigenvalue weighted by molar-refractivity contribution is 5.76. The summed E-state index contributed by atoms with van der Waals surface area (Å²) in [5, 5.41) is 8.42. The average molecular weight is 187 g/mol. The number of nitrogens with one attached hydrogen (secondary N) is 1. The second-order valence-corrected chi connectivity index (χ2v) is 3.99. The molecule has 0 bridgehead atoms. The molecule has 0 rings (SSSR count). The van der Waals surface area contributed by atoms with Gasteiger partial charge in [-0.3, -0.25) is 10.2 Å². The first kappa shape index (κ1) is 12.2. The molecule has 0 aliphatic rings. The molecule has 78 valence electrons. The van der Waals surface area contributed by atoms with E-state index in [1.165, 1.54) is 0 Å². The zero-order chi connectivity index (χ0) is 10.4. The Bertz CT molecular complexity index is 158. The lowest BCUT2D eigenvalue weighted by Gasteiger charge is -2.22. The molecule has 0 spiro atoms. The van der Waals surface area contributed by atoms with E-state index >= 15 is 0 Å². The number of hydroxylamine groups is 1. The number of nitrogens with zero attached hydrogens (tertiary/aromatic N) is 1. The molecule has 0 saturated heterocycles. The summed E-state index contributed by atoms with van der Waals surface area (Å²) in [5.74, 6) is 1.75. The van der Waals surface area contributed by atoms with Crippen molar-refractivity contribution in [2.45, 2.75) is 27.7 Å². The lowest BCUT2D eigenvalue weighted by molar-refractivity contribution is 0.231. The number of guanidine groups is 1. The first-order valence-electron chi connectivity index (χ1n) is 4.69. The molecule has 4 heteroatoms. The van der Waals surface area contributed by atoms with Crippen molar-refractivity contribution < 1.29 is 5.21 Å². The average Bonchev–Trinajstić information content (AvgIpc) is 2.03. The fraction of sp³-hybridized carbons (Fsp3) is 0.889. The van der Waals surface area contributed by atoms with Crippen molar-refractivity contribution in [1.29, 1.82) is 0 Å². The Kier molecular flexibility index (Phi) is 5.46. The van der Waals surface area contributed by atoms with Gasteiger partial charge in [-0.25, -0.2) is 5.48 Å². The Balaban J connectivity index is 4.12. The SMILES string of the molecule is CC(C)C(CN=C(N)NO)C(C)C. The van der Waals surface area contributed by atoms with Crippen LogP contribution in [-0.2, 0) is 0 Å². The number of hydrogen-bond donors (Lipinski definition) is 3. The predicted octanol–water partition coefficient (Wildman–Crippen LogP) is 1.21. The molecule has 0 aliphatic carbocycles. The van der Waals surface area contributed by atoms with E-state index in [9.17, 15) is 0 Å². The molecule has 0 heterocycles. The Labute approximate surface area is 80.2 Å². The molecule has 0 unspecified atom stereocenters. The standard InChI is InChI=1S/C9H21N3O/c1-6(2)8(7(3)4)5-11-9(10)12-13/h6-8,13H,5H2,1-4H3,(H3,10,11,12). The highest BCUT2D eigenvalue weighted by Crippen LogP contribution is 2.20. The van der Waals surface area contributed by atoms with Crippen molar-refractivity contribution >= 4 is 5.96 Å². The normalized spacial score (nSPS) is 13.1. The Morgan fingerprint density at radius 3 is 2.08 bits per heavy atom. The van der Waals surface area contributed by atoms with E-state index in [2.05, 4.69) is 32.7 Å². The van der Waals surface area contributed by atoms with Gasteiger partial charge in [-0.15, -0.1) is 0 Å². The van der Waals surface area contributed by atoms with Crippen LogP contribution in [0.1, 0.15) is 27.7 Å². The van der Waals surface area contributed by atoms with Gasteiger partial charge in [0.25, 0.3) is 0 Å². The molecular weight excluding hydrogens is 166 g/mol. The minimum Gasteiger partial charge on any atom is -0.368 e. The van der Waals surface area contributed by atoms with Gasteiger partial charge in [0, 0.05) is 6.54 Å². The summed E-state index contributed by atoms with van der Waals surface area (Å²) in [6.45, 7) is 9.34. The predicted molar refractivity (Wildman–Crippen MR) is 54.6 cm³/mol. The van der Waals surface area contributed by atoms with Crippen LogP contribution in [0.15, 0.2) is 4.99 Å². The Morgan fingerprint density at radius 2 is 1.77 bits per heavy atom. The molecule has 0 aromatic rings. The van der Waals surface area contributed by atoms with Gasteiger partial charge < -0.3 is 5.73 Å². The van der Waals surface area contributed by atoms with Crippen molar-refractivity contribution in [2.24, 2.45) is 28.5 Å². The van der Waals surface area contributed by atoms with Gasteiger partial charge >= 0.3 is 0 Å². The number of rotatable bonds is 4. The lowest BCUT2D eigenvalue weighted by atomic mass is 9.86. The van der Waals surface area contributed by atoms with E-state index in [4.69, 9.17) is 10.9 Å². The molecule has 0 aromatic heterocycles. The molecule has 0 radical (unpaired) electrons. The van der Waals surface area contributed by atoms with Crippen LogP contribution in [0, 0.1) is 17.8 Å². The van der Waals surface area contributed by atoms with Gasteiger partial charge in [0.05, 0.1) is 0 Å². The summed E-state index contributed by atoms with van der Waals surface area (Å²) < 4.78 is 0. The van der Waals surface area contributed by atoms with Crippen LogP contribution in [0.25, 0.3) is 0 Å². The van der Waals surface area contributed by atoms with Gasteiger partial charge in [-0.2, -0.15) is 0 Å². The molecule has 0 aliphatic heterocycles. The minimum atomic E-state index is 0.0892. The van der Waals surface area contributed by atoms with Gasteiger partial charge in [-0.05, 0) is 17.8 Å². The monoisotopic (exact) mass is 187 g/mol.